The number of amidine groups is 1. The van der Waals surface area contributed by atoms with Gasteiger partial charge in [0.1, 0.15) is 23.4 Å². The second-order valence-electron chi connectivity index (χ2n) is 9.82. The number of nitrogens with two attached hydrogens (primary N) is 1. The molecule has 2 aromatic carbocycles. The third kappa shape index (κ3) is 7.89. The molecule has 0 bridgehead atoms. The molecule has 0 saturated carbocycles. The Bertz CT molecular complexity index is 1430. The van der Waals surface area contributed by atoms with Gasteiger partial charge >= 0.3 is 6.61 Å². The summed E-state index contributed by atoms with van der Waals surface area (Å²) < 4.78 is 36.2. The number of likely N-dealkylation sites (tertiary alicyclic amines) is 1. The second-order valence-corrected chi connectivity index (χ2v) is 10.8. The molecule has 1 aromatic heterocycles. The van der Waals surface area contributed by atoms with E-state index in [1.165, 1.54) is 11.3 Å². The van der Waals surface area contributed by atoms with E-state index in [0.717, 1.165) is 15.3 Å². The first kappa shape index (κ1) is 30.6. The van der Waals surface area contributed by atoms with Crippen LogP contribution in [0.5, 0.6) is 11.5 Å². The quantitative estimate of drug-likeness (QED) is 0.194. The van der Waals surface area contributed by atoms with Gasteiger partial charge in [-0.15, -0.1) is 11.3 Å². The third-order valence-corrected chi connectivity index (χ3v) is 7.79. The number of carbonyl (C=O) groups excluding carboxylic acids is 3. The summed E-state index contributed by atoms with van der Waals surface area (Å²) in [5.41, 5.74) is 7.40. The molecular formula is C29H31F2N5O5S. The molecule has 0 aliphatic carbocycles. The van der Waals surface area contributed by atoms with Crippen LogP contribution < -0.4 is 21.1 Å². The molecule has 10 nitrogen and oxygen atoms in total. The number of thiophene rings is 1. The van der Waals surface area contributed by atoms with Crippen molar-refractivity contribution in [3.63, 3.8) is 0 Å². The van der Waals surface area contributed by atoms with Crippen LogP contribution in [-0.2, 0) is 14.3 Å². The Balaban J connectivity index is 1.36. The molecular weight excluding hydrogens is 568 g/mol. The fourth-order valence-electron chi connectivity index (χ4n) is 4.44. The molecule has 0 radical (unpaired) electrons. The van der Waals surface area contributed by atoms with Gasteiger partial charge < -0.3 is 30.7 Å². The Kier molecular flexibility index (Phi) is 9.86. The first-order chi connectivity index (χ1) is 20.0. The van der Waals surface area contributed by atoms with Crippen LogP contribution in [0.3, 0.4) is 0 Å². The van der Waals surface area contributed by atoms with Crippen molar-refractivity contribution in [2.24, 2.45) is 5.73 Å². The number of hydrogen-bond acceptors (Lipinski definition) is 7. The number of carbonyl (C=O) groups is 3. The highest BCUT2D eigenvalue weighted by Gasteiger charge is 2.41. The number of benzene rings is 2. The Hall–Kier alpha value is -4.36. The van der Waals surface area contributed by atoms with Crippen LogP contribution in [0.25, 0.3) is 0 Å². The van der Waals surface area contributed by atoms with Gasteiger partial charge in [0.25, 0.3) is 5.91 Å². The lowest BCUT2D eigenvalue weighted by Crippen LogP contribution is -2.49. The summed E-state index contributed by atoms with van der Waals surface area (Å²) in [5, 5.41) is 14.5. The van der Waals surface area contributed by atoms with Crippen LogP contribution >= 0.6 is 11.3 Å². The van der Waals surface area contributed by atoms with E-state index in [9.17, 15) is 23.2 Å². The Morgan fingerprint density at radius 2 is 1.74 bits per heavy atom. The van der Waals surface area contributed by atoms with Crippen molar-refractivity contribution in [2.45, 2.75) is 45.1 Å². The summed E-state index contributed by atoms with van der Waals surface area (Å²) in [7, 11) is 0. The summed E-state index contributed by atoms with van der Waals surface area (Å²) in [6, 6.07) is 13.9. The predicted molar refractivity (Wildman–Crippen MR) is 153 cm³/mol. The van der Waals surface area contributed by atoms with Crippen LogP contribution in [-0.4, -0.2) is 60.3 Å². The molecule has 1 aliphatic heterocycles. The molecule has 0 unspecified atom stereocenters. The van der Waals surface area contributed by atoms with E-state index in [4.69, 9.17) is 15.9 Å². The van der Waals surface area contributed by atoms with E-state index >= 15 is 0 Å². The van der Waals surface area contributed by atoms with Gasteiger partial charge in [-0.05, 0) is 56.3 Å². The molecule has 3 amide bonds. The van der Waals surface area contributed by atoms with E-state index in [0.29, 0.717) is 17.1 Å². The molecule has 0 spiro atoms. The number of aryl methyl sites for hydroxylation is 1. The van der Waals surface area contributed by atoms with E-state index in [1.54, 1.807) is 42.6 Å². The van der Waals surface area contributed by atoms with E-state index in [-0.39, 0.29) is 24.4 Å². The van der Waals surface area contributed by atoms with Gasteiger partial charge in [0.2, 0.25) is 11.8 Å². The third-order valence-electron chi connectivity index (χ3n) is 6.67. The molecule has 1 aliphatic rings. The molecule has 42 heavy (non-hydrogen) atoms. The molecule has 222 valence electrons. The Morgan fingerprint density at radius 3 is 2.33 bits per heavy atom. The number of nitrogen functional groups attached to an aromatic ring is 1. The minimum absolute atomic E-state index is 0.107. The lowest BCUT2D eigenvalue weighted by Gasteiger charge is -2.25. The van der Waals surface area contributed by atoms with Crippen molar-refractivity contribution >= 4 is 34.9 Å². The van der Waals surface area contributed by atoms with Crippen LogP contribution in [0.1, 0.15) is 45.7 Å². The number of rotatable bonds is 11. The van der Waals surface area contributed by atoms with Crippen LogP contribution in [0.15, 0.2) is 60.0 Å². The molecule has 3 aromatic rings. The van der Waals surface area contributed by atoms with Crippen molar-refractivity contribution in [3.8, 4) is 11.5 Å². The van der Waals surface area contributed by atoms with Crippen molar-refractivity contribution in [2.75, 3.05) is 13.1 Å². The van der Waals surface area contributed by atoms with Gasteiger partial charge in [-0.2, -0.15) is 8.78 Å². The number of nitrogens with zero attached hydrogens (tertiary/aromatic N) is 1. The summed E-state index contributed by atoms with van der Waals surface area (Å²) in [6.07, 6.45) is -1.18. The van der Waals surface area contributed by atoms with Crippen LogP contribution in [0.2, 0.25) is 0 Å². The van der Waals surface area contributed by atoms with Gasteiger partial charge in [0.05, 0.1) is 18.7 Å². The first-order valence-electron chi connectivity index (χ1n) is 13.1. The largest absolute Gasteiger partial charge is 0.457 e. The fraction of sp³-hybridized carbons (Fsp3) is 0.310. The van der Waals surface area contributed by atoms with Gasteiger partial charge in [0.15, 0.2) is 0 Å². The van der Waals surface area contributed by atoms with E-state index in [2.05, 4.69) is 15.4 Å². The van der Waals surface area contributed by atoms with Crippen LogP contribution in [0, 0.1) is 12.3 Å². The summed E-state index contributed by atoms with van der Waals surface area (Å²) in [5.74, 6) is -0.637. The predicted octanol–water partition coefficient (Wildman–Crippen LogP) is 3.95. The molecule has 13 heteroatoms. The Morgan fingerprint density at radius 1 is 1.10 bits per heavy atom. The summed E-state index contributed by atoms with van der Waals surface area (Å²) >= 11 is 1.30. The van der Waals surface area contributed by atoms with Crippen LogP contribution in [0.4, 0.5) is 8.78 Å². The van der Waals surface area contributed by atoms with Crippen molar-refractivity contribution in [1.82, 2.24) is 15.5 Å². The van der Waals surface area contributed by atoms with Gasteiger partial charge in [0, 0.05) is 34.3 Å². The highest BCUT2D eigenvalue weighted by molar-refractivity contribution is 7.10. The molecule has 4 rings (SSSR count). The number of nitrogens with one attached hydrogen (secondary N) is 3. The van der Waals surface area contributed by atoms with E-state index in [1.807, 2.05) is 31.2 Å². The number of ether oxygens (including phenoxy) is 2. The summed E-state index contributed by atoms with van der Waals surface area (Å²) in [6.45, 7) is -0.0612. The number of hydrogen-bond donors (Lipinski definition) is 4. The SMILES string of the molecule is Cc1ccc(Oc2ccc(C(=O)NCC(=O)N3C[C@H](OC(F)F)C[C@H]3C(=O)N[C@H](C)c3cc(C(=N)N)cs3)cc2)cc1. The fourth-order valence-corrected chi connectivity index (χ4v) is 5.36. The zero-order chi connectivity index (χ0) is 30.4. The topological polar surface area (TPSA) is 147 Å². The lowest BCUT2D eigenvalue weighted by molar-refractivity contribution is -0.160. The number of alkyl halides is 2. The van der Waals surface area contributed by atoms with Gasteiger partial charge in [-0.1, -0.05) is 17.7 Å². The van der Waals surface area contributed by atoms with Crippen molar-refractivity contribution in [1.29, 1.82) is 5.41 Å². The molecule has 2 heterocycles. The first-order valence-corrected chi connectivity index (χ1v) is 14.0. The standard InChI is InChI=1S/C29H31F2N5O5S/c1-16-3-7-20(8-4-16)40-21-9-5-18(6-10-21)27(38)34-13-25(37)36-14-22(41-29(30)31)12-23(36)28(39)35-17(2)24-11-19(15-42-24)26(32)33/h3-11,15,17,22-23,29H,12-14H2,1-2H3,(H3,32,33)(H,34,38)(H,35,39)/t17-,22-,23+/m1/s1. The normalized spacial score (nSPS) is 17.1. The monoisotopic (exact) mass is 599 g/mol. The zero-order valence-corrected chi connectivity index (χ0v) is 23.8. The van der Waals surface area contributed by atoms with E-state index < -0.39 is 49.1 Å². The average molecular weight is 600 g/mol. The Labute approximate surface area is 245 Å². The maximum Gasteiger partial charge on any atom is 0.345 e. The summed E-state index contributed by atoms with van der Waals surface area (Å²) in [4.78, 5) is 40.8. The minimum atomic E-state index is -3.07. The highest BCUT2D eigenvalue weighted by Crippen LogP contribution is 2.26. The molecule has 1 fully saturated rings. The number of halogens is 2. The smallest absolute Gasteiger partial charge is 0.345 e. The second kappa shape index (κ2) is 13.5. The average Bonchev–Trinajstić information content (AvgIpc) is 3.61. The highest BCUT2D eigenvalue weighted by atomic mass is 32.1. The molecule has 1 saturated heterocycles. The van der Waals surface area contributed by atoms with Gasteiger partial charge in [-0.3, -0.25) is 19.8 Å². The molecule has 3 atom stereocenters. The van der Waals surface area contributed by atoms with Crippen molar-refractivity contribution in [3.05, 3.63) is 81.5 Å². The zero-order valence-electron chi connectivity index (χ0n) is 22.9. The minimum Gasteiger partial charge on any atom is -0.457 e. The van der Waals surface area contributed by atoms with Gasteiger partial charge in [-0.25, -0.2) is 0 Å². The maximum atomic E-state index is 13.1. The number of amides is 3. The maximum absolute atomic E-state index is 13.1. The molecule has 5 N–H and O–H groups in total. The van der Waals surface area contributed by atoms with Crippen molar-refractivity contribution < 1.29 is 32.6 Å². The lowest BCUT2D eigenvalue weighted by atomic mass is 10.1.